The van der Waals surface area contributed by atoms with E-state index < -0.39 is 0 Å². The minimum atomic E-state index is 0.507. The molecular formula is C16H16ClN. The van der Waals surface area contributed by atoms with Crippen LogP contribution in [-0.2, 0) is 6.42 Å². The molecule has 0 atom stereocenters. The van der Waals surface area contributed by atoms with Crippen LogP contribution in [-0.4, -0.2) is 0 Å². The van der Waals surface area contributed by atoms with E-state index in [1.165, 1.54) is 25.7 Å². The number of nitriles is 1. The first kappa shape index (κ1) is 13.0. The molecule has 1 aromatic carbocycles. The molecule has 1 nitrogen and oxygen atoms in total. The van der Waals surface area contributed by atoms with Crippen LogP contribution in [0.2, 0.25) is 5.02 Å². The van der Waals surface area contributed by atoms with Crippen molar-refractivity contribution in [3.63, 3.8) is 0 Å². The summed E-state index contributed by atoms with van der Waals surface area (Å²) in [6.45, 7) is 0. The molecule has 0 radical (unpaired) electrons. The lowest BCUT2D eigenvalue weighted by Crippen LogP contribution is -1.89. The molecule has 0 aliphatic heterocycles. The lowest BCUT2D eigenvalue weighted by atomic mass is 10.1. The normalized spacial score (nSPS) is 14.9. The van der Waals surface area contributed by atoms with Crippen molar-refractivity contribution in [2.45, 2.75) is 38.5 Å². The monoisotopic (exact) mass is 257 g/mol. The van der Waals surface area contributed by atoms with Crippen molar-refractivity contribution in [1.82, 2.24) is 0 Å². The molecule has 18 heavy (non-hydrogen) atoms. The molecule has 1 saturated carbocycles. The molecule has 0 saturated heterocycles. The Hall–Kier alpha value is -1.44. The number of hydrogen-bond acceptors (Lipinski definition) is 1. The van der Waals surface area contributed by atoms with Gasteiger partial charge < -0.3 is 0 Å². The first-order chi connectivity index (χ1) is 8.79. The average Bonchev–Trinajstić information content (AvgIpc) is 2.88. The fourth-order valence-electron chi connectivity index (χ4n) is 2.27. The zero-order valence-corrected chi connectivity index (χ0v) is 11.1. The summed E-state index contributed by atoms with van der Waals surface area (Å²) in [5.74, 6) is 7.11. The molecule has 0 N–H and O–H groups in total. The van der Waals surface area contributed by atoms with Gasteiger partial charge in [-0.05, 0) is 37.0 Å². The van der Waals surface area contributed by atoms with E-state index in [0.717, 1.165) is 16.1 Å². The lowest BCUT2D eigenvalue weighted by molar-refractivity contribution is 0.712. The minimum absolute atomic E-state index is 0.507. The van der Waals surface area contributed by atoms with Crippen molar-refractivity contribution >= 4 is 11.6 Å². The second-order valence-electron chi connectivity index (χ2n) is 4.72. The summed E-state index contributed by atoms with van der Waals surface area (Å²) in [4.78, 5) is 0. The Labute approximate surface area is 114 Å². The van der Waals surface area contributed by atoms with Crippen LogP contribution in [0.5, 0.6) is 0 Å². The van der Waals surface area contributed by atoms with Gasteiger partial charge in [-0.15, -0.1) is 0 Å². The van der Waals surface area contributed by atoms with Crippen LogP contribution in [0.25, 0.3) is 0 Å². The predicted octanol–water partition coefficient (Wildman–Crippen LogP) is 4.34. The molecule has 0 unspecified atom stereocenters. The zero-order chi connectivity index (χ0) is 12.8. The maximum atomic E-state index is 8.56. The van der Waals surface area contributed by atoms with E-state index in [1.54, 1.807) is 0 Å². The molecule has 1 aliphatic carbocycles. The van der Waals surface area contributed by atoms with Gasteiger partial charge in [0.1, 0.15) is 0 Å². The van der Waals surface area contributed by atoms with E-state index in [2.05, 4.69) is 17.9 Å². The molecular weight excluding hydrogens is 242 g/mol. The molecule has 0 amide bonds. The van der Waals surface area contributed by atoms with E-state index in [1.807, 2.05) is 18.2 Å². The number of halogens is 1. The van der Waals surface area contributed by atoms with Crippen molar-refractivity contribution < 1.29 is 0 Å². The molecule has 1 fully saturated rings. The zero-order valence-electron chi connectivity index (χ0n) is 10.4. The standard InChI is InChI=1S/C16H16ClN/c17-16-12-14(8-7-13-4-1-2-5-13)9-10-15(16)6-3-11-18/h9-10,12-13H,1-6H2. The highest BCUT2D eigenvalue weighted by atomic mass is 35.5. The van der Waals surface area contributed by atoms with E-state index >= 15 is 0 Å². The summed E-state index contributed by atoms with van der Waals surface area (Å²) < 4.78 is 0. The van der Waals surface area contributed by atoms with Crippen LogP contribution in [0.1, 0.15) is 43.2 Å². The predicted molar refractivity (Wildman–Crippen MR) is 74.2 cm³/mol. The van der Waals surface area contributed by atoms with Gasteiger partial charge in [0.05, 0.1) is 6.07 Å². The van der Waals surface area contributed by atoms with Crippen LogP contribution in [0.3, 0.4) is 0 Å². The first-order valence-corrected chi connectivity index (χ1v) is 6.84. The summed E-state index contributed by atoms with van der Waals surface area (Å²) >= 11 is 6.18. The van der Waals surface area contributed by atoms with E-state index in [9.17, 15) is 0 Å². The quantitative estimate of drug-likeness (QED) is 0.723. The number of nitrogens with zero attached hydrogens (tertiary/aromatic N) is 1. The second kappa shape index (κ2) is 6.48. The number of benzene rings is 1. The topological polar surface area (TPSA) is 23.8 Å². The summed E-state index contributed by atoms with van der Waals surface area (Å²) in [5.41, 5.74) is 2.01. The van der Waals surface area contributed by atoms with Gasteiger partial charge in [0.15, 0.2) is 0 Å². The van der Waals surface area contributed by atoms with Crippen LogP contribution in [0, 0.1) is 29.1 Å². The Morgan fingerprint density at radius 1 is 1.28 bits per heavy atom. The average molecular weight is 258 g/mol. The molecule has 0 heterocycles. The van der Waals surface area contributed by atoms with Crippen LogP contribution in [0.4, 0.5) is 0 Å². The molecule has 1 aromatic rings. The van der Waals surface area contributed by atoms with Gasteiger partial charge in [0.25, 0.3) is 0 Å². The van der Waals surface area contributed by atoms with Gasteiger partial charge in [-0.25, -0.2) is 0 Å². The Morgan fingerprint density at radius 3 is 2.72 bits per heavy atom. The fourth-order valence-corrected chi connectivity index (χ4v) is 2.55. The highest BCUT2D eigenvalue weighted by Gasteiger charge is 2.11. The van der Waals surface area contributed by atoms with Gasteiger partial charge in [-0.1, -0.05) is 42.3 Å². The fraction of sp³-hybridized carbons (Fsp3) is 0.438. The minimum Gasteiger partial charge on any atom is -0.198 e. The van der Waals surface area contributed by atoms with Crippen molar-refractivity contribution in [3.05, 3.63) is 34.3 Å². The van der Waals surface area contributed by atoms with Gasteiger partial charge >= 0.3 is 0 Å². The SMILES string of the molecule is N#CCCc1ccc(C#CC2CCCC2)cc1Cl. The Kier molecular flexibility index (Phi) is 4.68. The van der Waals surface area contributed by atoms with Crippen molar-refractivity contribution in [3.8, 4) is 17.9 Å². The summed E-state index contributed by atoms with van der Waals surface area (Å²) in [5, 5.41) is 9.29. The van der Waals surface area contributed by atoms with Crippen molar-refractivity contribution in [1.29, 1.82) is 5.26 Å². The van der Waals surface area contributed by atoms with Gasteiger partial charge in [0, 0.05) is 22.9 Å². The summed E-state index contributed by atoms with van der Waals surface area (Å²) in [6.07, 6.45) is 6.32. The largest absolute Gasteiger partial charge is 0.198 e. The number of hydrogen-bond donors (Lipinski definition) is 0. The summed E-state index contributed by atoms with van der Waals surface area (Å²) in [7, 11) is 0. The van der Waals surface area contributed by atoms with Crippen LogP contribution >= 0.6 is 11.6 Å². The molecule has 2 heteroatoms. The van der Waals surface area contributed by atoms with Crippen molar-refractivity contribution in [2.24, 2.45) is 5.92 Å². The maximum absolute atomic E-state index is 8.56. The van der Waals surface area contributed by atoms with Crippen LogP contribution < -0.4 is 0 Å². The Bertz CT molecular complexity index is 510. The Morgan fingerprint density at radius 2 is 2.06 bits per heavy atom. The molecule has 0 spiro atoms. The lowest BCUT2D eigenvalue weighted by Gasteiger charge is -2.02. The first-order valence-electron chi connectivity index (χ1n) is 6.46. The third-order valence-electron chi connectivity index (χ3n) is 3.34. The third kappa shape index (κ3) is 3.52. The molecule has 2 rings (SSSR count). The van der Waals surface area contributed by atoms with Crippen molar-refractivity contribution in [2.75, 3.05) is 0 Å². The van der Waals surface area contributed by atoms with E-state index in [4.69, 9.17) is 16.9 Å². The van der Waals surface area contributed by atoms with Gasteiger partial charge in [-0.2, -0.15) is 5.26 Å². The highest BCUT2D eigenvalue weighted by molar-refractivity contribution is 6.31. The number of aryl methyl sites for hydroxylation is 1. The van der Waals surface area contributed by atoms with E-state index in [-0.39, 0.29) is 0 Å². The summed E-state index contributed by atoms with van der Waals surface area (Å²) in [6, 6.07) is 8.03. The smallest absolute Gasteiger partial charge is 0.0625 e. The van der Waals surface area contributed by atoms with Gasteiger partial charge in [-0.3, -0.25) is 0 Å². The van der Waals surface area contributed by atoms with Gasteiger partial charge in [0.2, 0.25) is 0 Å². The molecule has 1 aliphatic rings. The van der Waals surface area contributed by atoms with E-state index in [0.29, 0.717) is 18.8 Å². The molecule has 0 aromatic heterocycles. The van der Waals surface area contributed by atoms with Crippen LogP contribution in [0.15, 0.2) is 18.2 Å². The highest BCUT2D eigenvalue weighted by Crippen LogP contribution is 2.24. The second-order valence-corrected chi connectivity index (χ2v) is 5.12. The molecule has 92 valence electrons. The Balaban J connectivity index is 2.06. The third-order valence-corrected chi connectivity index (χ3v) is 3.69. The maximum Gasteiger partial charge on any atom is 0.0625 e. The molecule has 0 bridgehead atoms. The number of rotatable bonds is 2.